The van der Waals surface area contributed by atoms with Crippen molar-refractivity contribution in [3.63, 3.8) is 0 Å². The molecule has 0 aromatic heterocycles. The van der Waals surface area contributed by atoms with Crippen molar-refractivity contribution in [1.29, 1.82) is 0 Å². The van der Waals surface area contributed by atoms with Crippen molar-refractivity contribution in [2.75, 3.05) is 39.3 Å². The number of fused-ring (bicyclic) bond motifs is 3. The van der Waals surface area contributed by atoms with Crippen LogP contribution in [0.2, 0.25) is 0 Å². The van der Waals surface area contributed by atoms with E-state index in [2.05, 4.69) is 29.0 Å². The van der Waals surface area contributed by atoms with Gasteiger partial charge >= 0.3 is 0 Å². The fourth-order valence-corrected chi connectivity index (χ4v) is 4.12. The van der Waals surface area contributed by atoms with Crippen LogP contribution in [0, 0.1) is 5.92 Å². The molecule has 2 bridgehead atoms. The monoisotopic (exact) mass is 251 g/mol. The minimum absolute atomic E-state index is 0.336. The molecule has 4 rings (SSSR count). The Balaban J connectivity index is 1.70. The van der Waals surface area contributed by atoms with E-state index in [0.29, 0.717) is 5.54 Å². The molecule has 2 unspecified atom stereocenters. The van der Waals surface area contributed by atoms with Gasteiger partial charge in [0.25, 0.3) is 0 Å². The standard InChI is InChI=1S/C15H29N3/c1-3-15(2)12-18(8-4-7-16-15)14-11-17-9-5-13(14)6-10-17/h13-14,16H,3-12H2,1-2H3. The van der Waals surface area contributed by atoms with Gasteiger partial charge in [0.2, 0.25) is 0 Å². The molecule has 4 saturated heterocycles. The summed E-state index contributed by atoms with van der Waals surface area (Å²) >= 11 is 0. The molecule has 0 aromatic rings. The molecule has 4 aliphatic heterocycles. The fourth-order valence-electron chi connectivity index (χ4n) is 4.12. The zero-order valence-electron chi connectivity index (χ0n) is 12.1. The van der Waals surface area contributed by atoms with Gasteiger partial charge in [0.05, 0.1) is 0 Å². The van der Waals surface area contributed by atoms with Crippen LogP contribution >= 0.6 is 0 Å². The Morgan fingerprint density at radius 3 is 2.61 bits per heavy atom. The number of rotatable bonds is 2. The normalized spacial score (nSPS) is 46.0. The Morgan fingerprint density at radius 2 is 2.00 bits per heavy atom. The maximum absolute atomic E-state index is 3.77. The molecule has 0 spiro atoms. The van der Waals surface area contributed by atoms with Crippen LogP contribution < -0.4 is 5.32 Å². The lowest BCUT2D eigenvalue weighted by Crippen LogP contribution is -2.60. The molecule has 0 saturated carbocycles. The largest absolute Gasteiger partial charge is 0.310 e. The van der Waals surface area contributed by atoms with Crippen molar-refractivity contribution in [2.45, 2.75) is 51.1 Å². The molecule has 2 atom stereocenters. The Morgan fingerprint density at radius 1 is 1.22 bits per heavy atom. The van der Waals surface area contributed by atoms with Gasteiger partial charge in [0.15, 0.2) is 0 Å². The van der Waals surface area contributed by atoms with Crippen molar-refractivity contribution in [1.82, 2.24) is 15.1 Å². The number of nitrogens with one attached hydrogen (secondary N) is 1. The van der Waals surface area contributed by atoms with Crippen LogP contribution in [0.4, 0.5) is 0 Å². The summed E-state index contributed by atoms with van der Waals surface area (Å²) in [4.78, 5) is 5.51. The van der Waals surface area contributed by atoms with Crippen LogP contribution in [0.25, 0.3) is 0 Å². The third-order valence-corrected chi connectivity index (χ3v) is 5.60. The molecule has 3 nitrogen and oxygen atoms in total. The van der Waals surface area contributed by atoms with Crippen LogP contribution in [0.3, 0.4) is 0 Å². The Hall–Kier alpha value is -0.120. The topological polar surface area (TPSA) is 18.5 Å². The summed E-state index contributed by atoms with van der Waals surface area (Å²) in [6.07, 6.45) is 5.44. The van der Waals surface area contributed by atoms with Crippen LogP contribution in [-0.4, -0.2) is 60.6 Å². The summed E-state index contributed by atoms with van der Waals surface area (Å²) in [5.41, 5.74) is 0.336. The van der Waals surface area contributed by atoms with E-state index in [4.69, 9.17) is 0 Å². The van der Waals surface area contributed by atoms with Gasteiger partial charge in [-0.15, -0.1) is 0 Å². The molecular formula is C15H29N3. The van der Waals surface area contributed by atoms with E-state index in [1.54, 1.807) is 0 Å². The first kappa shape index (κ1) is 12.9. The molecule has 104 valence electrons. The highest BCUT2D eigenvalue weighted by atomic mass is 15.3. The summed E-state index contributed by atoms with van der Waals surface area (Å²) in [5, 5.41) is 3.77. The van der Waals surface area contributed by atoms with E-state index in [-0.39, 0.29) is 0 Å². The van der Waals surface area contributed by atoms with E-state index in [0.717, 1.165) is 12.0 Å². The molecular weight excluding hydrogens is 222 g/mol. The molecule has 4 heterocycles. The van der Waals surface area contributed by atoms with E-state index in [1.165, 1.54) is 65.0 Å². The maximum Gasteiger partial charge on any atom is 0.0277 e. The van der Waals surface area contributed by atoms with Gasteiger partial charge in [-0.05, 0) is 64.7 Å². The molecule has 18 heavy (non-hydrogen) atoms. The first-order valence-electron chi connectivity index (χ1n) is 7.92. The molecule has 1 N–H and O–H groups in total. The smallest absolute Gasteiger partial charge is 0.0277 e. The van der Waals surface area contributed by atoms with E-state index in [1.807, 2.05) is 0 Å². The second-order valence-corrected chi connectivity index (χ2v) is 6.87. The fraction of sp³-hybridized carbons (Fsp3) is 1.00. The lowest BCUT2D eigenvalue weighted by atomic mass is 9.82. The highest BCUT2D eigenvalue weighted by molar-refractivity contribution is 4.97. The van der Waals surface area contributed by atoms with Gasteiger partial charge in [-0.25, -0.2) is 0 Å². The van der Waals surface area contributed by atoms with Gasteiger partial charge in [0.1, 0.15) is 0 Å². The number of nitrogens with zero attached hydrogens (tertiary/aromatic N) is 2. The van der Waals surface area contributed by atoms with Crippen LogP contribution in [0.5, 0.6) is 0 Å². The van der Waals surface area contributed by atoms with E-state index >= 15 is 0 Å². The first-order valence-corrected chi connectivity index (χ1v) is 7.92. The molecule has 0 amide bonds. The summed E-state index contributed by atoms with van der Waals surface area (Å²) in [5.74, 6) is 0.981. The summed E-state index contributed by atoms with van der Waals surface area (Å²) in [6.45, 7) is 12.5. The predicted molar refractivity (Wildman–Crippen MR) is 75.8 cm³/mol. The Labute approximate surface area is 112 Å². The highest BCUT2D eigenvalue weighted by Gasteiger charge is 2.39. The Bertz CT molecular complexity index is 285. The highest BCUT2D eigenvalue weighted by Crippen LogP contribution is 2.32. The summed E-state index contributed by atoms with van der Waals surface area (Å²) in [7, 11) is 0. The molecule has 0 aliphatic carbocycles. The van der Waals surface area contributed by atoms with Crippen LogP contribution in [-0.2, 0) is 0 Å². The van der Waals surface area contributed by atoms with E-state index in [9.17, 15) is 0 Å². The second-order valence-electron chi connectivity index (χ2n) is 6.87. The molecule has 4 aliphatic rings. The lowest BCUT2D eigenvalue weighted by molar-refractivity contribution is -0.00103. The van der Waals surface area contributed by atoms with Gasteiger partial charge in [-0.2, -0.15) is 0 Å². The SMILES string of the molecule is CCC1(C)CN(C2CN3CCC2CC3)CCCN1. The average molecular weight is 251 g/mol. The van der Waals surface area contributed by atoms with E-state index < -0.39 is 0 Å². The van der Waals surface area contributed by atoms with Crippen molar-refractivity contribution >= 4 is 0 Å². The third-order valence-electron chi connectivity index (χ3n) is 5.60. The number of hydrogen-bond acceptors (Lipinski definition) is 3. The van der Waals surface area contributed by atoms with Gasteiger partial charge in [-0.1, -0.05) is 6.92 Å². The van der Waals surface area contributed by atoms with Crippen LogP contribution in [0.1, 0.15) is 39.5 Å². The molecule has 0 aromatic carbocycles. The predicted octanol–water partition coefficient (Wildman–Crippen LogP) is 1.54. The number of hydrogen-bond donors (Lipinski definition) is 1. The minimum Gasteiger partial charge on any atom is -0.310 e. The average Bonchev–Trinajstić information content (AvgIpc) is 2.63. The molecule has 4 fully saturated rings. The number of piperidine rings is 3. The van der Waals surface area contributed by atoms with Gasteiger partial charge < -0.3 is 10.2 Å². The van der Waals surface area contributed by atoms with Crippen molar-refractivity contribution < 1.29 is 0 Å². The third kappa shape index (κ3) is 2.45. The van der Waals surface area contributed by atoms with Crippen LogP contribution in [0.15, 0.2) is 0 Å². The van der Waals surface area contributed by atoms with Gasteiger partial charge in [-0.3, -0.25) is 4.90 Å². The Kier molecular flexibility index (Phi) is 3.65. The summed E-state index contributed by atoms with van der Waals surface area (Å²) in [6, 6.07) is 0.846. The lowest BCUT2D eigenvalue weighted by Gasteiger charge is -2.50. The maximum atomic E-state index is 3.77. The van der Waals surface area contributed by atoms with Crippen molar-refractivity contribution in [3.8, 4) is 0 Å². The summed E-state index contributed by atoms with van der Waals surface area (Å²) < 4.78 is 0. The van der Waals surface area contributed by atoms with Crippen molar-refractivity contribution in [3.05, 3.63) is 0 Å². The zero-order valence-corrected chi connectivity index (χ0v) is 12.1. The molecule has 0 radical (unpaired) electrons. The second kappa shape index (κ2) is 5.10. The quantitative estimate of drug-likeness (QED) is 0.803. The zero-order chi connectivity index (χ0) is 12.6. The molecule has 3 heteroatoms. The van der Waals surface area contributed by atoms with Gasteiger partial charge in [0, 0.05) is 24.7 Å². The first-order chi connectivity index (χ1) is 8.70. The van der Waals surface area contributed by atoms with Crippen molar-refractivity contribution in [2.24, 2.45) is 5.92 Å². The minimum atomic E-state index is 0.336.